The van der Waals surface area contributed by atoms with Crippen molar-refractivity contribution in [2.45, 2.75) is 32.3 Å². The number of benzene rings is 1. The van der Waals surface area contributed by atoms with Gasteiger partial charge in [-0.05, 0) is 44.4 Å². The maximum absolute atomic E-state index is 12.3. The van der Waals surface area contributed by atoms with Crippen LogP contribution in [0.15, 0.2) is 18.2 Å². The molecular weight excluding hydrogens is 276 g/mol. The lowest BCUT2D eigenvalue weighted by Crippen LogP contribution is -2.38. The molecule has 0 saturated carbocycles. The van der Waals surface area contributed by atoms with Crippen LogP contribution in [0.5, 0.6) is 5.75 Å². The van der Waals surface area contributed by atoms with E-state index in [1.54, 1.807) is 13.0 Å². The summed E-state index contributed by atoms with van der Waals surface area (Å²) < 4.78 is 5.82. The van der Waals surface area contributed by atoms with Crippen molar-refractivity contribution >= 4 is 17.5 Å². The summed E-state index contributed by atoms with van der Waals surface area (Å²) >= 11 is 6.18. The minimum absolute atomic E-state index is 0.0288. The third-order valence-electron chi connectivity index (χ3n) is 3.52. The maximum atomic E-state index is 12.3. The molecule has 2 rings (SSSR count). The Morgan fingerprint density at radius 2 is 2.15 bits per heavy atom. The molecule has 0 bridgehead atoms. The highest BCUT2D eigenvalue weighted by Crippen LogP contribution is 2.30. The van der Waals surface area contributed by atoms with Crippen molar-refractivity contribution in [2.24, 2.45) is 5.73 Å². The molecular formula is C15H21ClN2O2. The van der Waals surface area contributed by atoms with Gasteiger partial charge in [0.15, 0.2) is 6.10 Å². The van der Waals surface area contributed by atoms with Gasteiger partial charge in [0.1, 0.15) is 5.75 Å². The molecule has 1 aromatic carbocycles. The Morgan fingerprint density at radius 1 is 1.45 bits per heavy atom. The van der Waals surface area contributed by atoms with Crippen LogP contribution in [-0.4, -0.2) is 36.5 Å². The number of nitrogens with two attached hydrogens (primary N) is 1. The van der Waals surface area contributed by atoms with E-state index < -0.39 is 6.10 Å². The summed E-state index contributed by atoms with van der Waals surface area (Å²) in [6, 6.07) is 5.57. The molecule has 1 unspecified atom stereocenters. The van der Waals surface area contributed by atoms with E-state index in [2.05, 4.69) is 0 Å². The average Bonchev–Trinajstić information content (AvgIpc) is 2.96. The summed E-state index contributed by atoms with van der Waals surface area (Å²) in [6.45, 7) is 3.94. The first-order chi connectivity index (χ1) is 9.63. The van der Waals surface area contributed by atoms with Crippen LogP contribution in [-0.2, 0) is 11.2 Å². The number of ether oxygens (including phenoxy) is 1. The largest absolute Gasteiger partial charge is 0.479 e. The Kier molecular flexibility index (Phi) is 5.26. The molecule has 1 aliphatic rings. The smallest absolute Gasteiger partial charge is 0.263 e. The number of nitrogens with zero attached hydrogens (tertiary/aromatic N) is 1. The van der Waals surface area contributed by atoms with Crippen LogP contribution in [0.2, 0.25) is 5.02 Å². The summed E-state index contributed by atoms with van der Waals surface area (Å²) in [4.78, 5) is 14.1. The molecule has 4 nitrogen and oxygen atoms in total. The number of hydrogen-bond donors (Lipinski definition) is 1. The number of amides is 1. The van der Waals surface area contributed by atoms with Crippen LogP contribution in [0.1, 0.15) is 25.3 Å². The van der Waals surface area contributed by atoms with Crippen molar-refractivity contribution in [1.29, 1.82) is 0 Å². The topological polar surface area (TPSA) is 55.6 Å². The third-order valence-corrected chi connectivity index (χ3v) is 3.82. The van der Waals surface area contributed by atoms with E-state index in [-0.39, 0.29) is 5.91 Å². The Hall–Kier alpha value is -1.26. The van der Waals surface area contributed by atoms with Crippen molar-refractivity contribution in [1.82, 2.24) is 4.90 Å². The molecule has 0 aliphatic carbocycles. The van der Waals surface area contributed by atoms with E-state index in [9.17, 15) is 4.79 Å². The average molecular weight is 297 g/mol. The molecule has 110 valence electrons. The van der Waals surface area contributed by atoms with Gasteiger partial charge in [-0.3, -0.25) is 4.79 Å². The van der Waals surface area contributed by atoms with E-state index in [1.165, 1.54) is 0 Å². The van der Waals surface area contributed by atoms with Gasteiger partial charge in [-0.2, -0.15) is 0 Å². The third kappa shape index (κ3) is 3.44. The van der Waals surface area contributed by atoms with Crippen LogP contribution in [0, 0.1) is 0 Å². The number of carbonyl (C=O) groups excluding carboxylic acids is 1. The minimum atomic E-state index is -0.524. The summed E-state index contributed by atoms with van der Waals surface area (Å²) in [5.74, 6) is 0.612. The number of para-hydroxylation sites is 1. The molecule has 1 amide bonds. The SMILES string of the molecule is CC(Oc1c(Cl)cccc1CCN)C(=O)N1CCCC1. The Labute approximate surface area is 124 Å². The minimum Gasteiger partial charge on any atom is -0.479 e. The highest BCUT2D eigenvalue weighted by atomic mass is 35.5. The van der Waals surface area contributed by atoms with Crippen LogP contribution >= 0.6 is 11.6 Å². The monoisotopic (exact) mass is 296 g/mol. The van der Waals surface area contributed by atoms with E-state index in [0.29, 0.717) is 23.7 Å². The van der Waals surface area contributed by atoms with E-state index in [0.717, 1.165) is 31.5 Å². The first-order valence-corrected chi connectivity index (χ1v) is 7.44. The van der Waals surface area contributed by atoms with Crippen molar-refractivity contribution < 1.29 is 9.53 Å². The maximum Gasteiger partial charge on any atom is 0.263 e. The fourth-order valence-electron chi connectivity index (χ4n) is 2.46. The molecule has 1 aromatic rings. The molecule has 5 heteroatoms. The van der Waals surface area contributed by atoms with Gasteiger partial charge >= 0.3 is 0 Å². The number of hydrogen-bond acceptors (Lipinski definition) is 3. The highest BCUT2D eigenvalue weighted by molar-refractivity contribution is 6.32. The Balaban J connectivity index is 2.10. The van der Waals surface area contributed by atoms with Crippen molar-refractivity contribution in [2.75, 3.05) is 19.6 Å². The van der Waals surface area contributed by atoms with Gasteiger partial charge in [0.25, 0.3) is 5.91 Å². The second kappa shape index (κ2) is 6.95. The molecule has 0 spiro atoms. The lowest BCUT2D eigenvalue weighted by Gasteiger charge is -2.22. The van der Waals surface area contributed by atoms with Gasteiger partial charge in [-0.25, -0.2) is 0 Å². The second-order valence-corrected chi connectivity index (χ2v) is 5.47. The first kappa shape index (κ1) is 15.1. The summed E-state index contributed by atoms with van der Waals surface area (Å²) in [7, 11) is 0. The summed E-state index contributed by atoms with van der Waals surface area (Å²) in [5.41, 5.74) is 6.54. The Bertz CT molecular complexity index is 473. The number of rotatable bonds is 5. The van der Waals surface area contributed by atoms with Crippen molar-refractivity contribution in [3.63, 3.8) is 0 Å². The highest BCUT2D eigenvalue weighted by Gasteiger charge is 2.25. The molecule has 20 heavy (non-hydrogen) atoms. The molecule has 0 aromatic heterocycles. The molecule has 2 N–H and O–H groups in total. The molecule has 1 atom stereocenters. The second-order valence-electron chi connectivity index (χ2n) is 5.06. The molecule has 1 saturated heterocycles. The fraction of sp³-hybridized carbons (Fsp3) is 0.533. The van der Waals surface area contributed by atoms with Gasteiger partial charge in [0, 0.05) is 13.1 Å². The van der Waals surface area contributed by atoms with Crippen LogP contribution in [0.4, 0.5) is 0 Å². The van der Waals surface area contributed by atoms with E-state index >= 15 is 0 Å². The predicted molar refractivity (Wildman–Crippen MR) is 80.1 cm³/mol. The molecule has 1 aliphatic heterocycles. The first-order valence-electron chi connectivity index (χ1n) is 7.06. The zero-order chi connectivity index (χ0) is 14.5. The van der Waals surface area contributed by atoms with Crippen molar-refractivity contribution in [3.05, 3.63) is 28.8 Å². The number of carbonyl (C=O) groups is 1. The lowest BCUT2D eigenvalue weighted by molar-refractivity contribution is -0.136. The van der Waals surface area contributed by atoms with Crippen molar-refractivity contribution in [3.8, 4) is 5.75 Å². The summed E-state index contributed by atoms with van der Waals surface area (Å²) in [6.07, 6.45) is 2.30. The van der Waals surface area contributed by atoms with Gasteiger partial charge in [-0.1, -0.05) is 23.7 Å². The molecule has 0 radical (unpaired) electrons. The lowest BCUT2D eigenvalue weighted by atomic mass is 10.1. The van der Waals surface area contributed by atoms with Crippen LogP contribution < -0.4 is 10.5 Å². The zero-order valence-electron chi connectivity index (χ0n) is 11.8. The number of halogens is 1. The number of likely N-dealkylation sites (tertiary alicyclic amines) is 1. The van der Waals surface area contributed by atoms with Gasteiger partial charge in [0.05, 0.1) is 5.02 Å². The quantitative estimate of drug-likeness (QED) is 0.906. The van der Waals surface area contributed by atoms with Gasteiger partial charge in [-0.15, -0.1) is 0 Å². The molecule has 1 heterocycles. The predicted octanol–water partition coefficient (Wildman–Crippen LogP) is 2.23. The fourth-order valence-corrected chi connectivity index (χ4v) is 2.70. The standard InChI is InChI=1S/C15H21ClN2O2/c1-11(15(19)18-9-2-3-10-18)20-14-12(7-8-17)5-4-6-13(14)16/h4-6,11H,2-3,7-10,17H2,1H3. The summed E-state index contributed by atoms with van der Waals surface area (Å²) in [5, 5.41) is 0.525. The normalized spacial score (nSPS) is 16.2. The van der Waals surface area contributed by atoms with Gasteiger partial charge < -0.3 is 15.4 Å². The Morgan fingerprint density at radius 3 is 2.80 bits per heavy atom. The van der Waals surface area contributed by atoms with Crippen LogP contribution in [0.3, 0.4) is 0 Å². The van der Waals surface area contributed by atoms with E-state index in [4.69, 9.17) is 22.1 Å². The molecule has 1 fully saturated rings. The van der Waals surface area contributed by atoms with E-state index in [1.807, 2.05) is 17.0 Å². The zero-order valence-corrected chi connectivity index (χ0v) is 12.5. The van der Waals surface area contributed by atoms with Crippen LogP contribution in [0.25, 0.3) is 0 Å². The van der Waals surface area contributed by atoms with Gasteiger partial charge in [0.2, 0.25) is 0 Å².